The van der Waals surface area contributed by atoms with Gasteiger partial charge in [0.1, 0.15) is 5.71 Å². The molecule has 6 nitrogen and oxygen atoms in total. The SMILES string of the molecule is CC(C)(O)c1ccc(N=CC(=NN)c2cc3ccccc3[nH]c2=O)cc1. The first-order chi connectivity index (χ1) is 12.4. The van der Waals surface area contributed by atoms with Crippen LogP contribution >= 0.6 is 0 Å². The van der Waals surface area contributed by atoms with E-state index in [2.05, 4.69) is 15.1 Å². The van der Waals surface area contributed by atoms with Gasteiger partial charge in [0.25, 0.3) is 5.56 Å². The smallest absolute Gasteiger partial charge is 0.258 e. The number of hydrogen-bond acceptors (Lipinski definition) is 5. The Labute approximate surface area is 150 Å². The lowest BCUT2D eigenvalue weighted by atomic mass is 9.98. The fraction of sp³-hybridized carbons (Fsp3) is 0.150. The number of hydrogen-bond donors (Lipinski definition) is 3. The molecule has 0 unspecified atom stereocenters. The van der Waals surface area contributed by atoms with E-state index < -0.39 is 5.60 Å². The number of rotatable bonds is 4. The highest BCUT2D eigenvalue weighted by atomic mass is 16.3. The number of fused-ring (bicyclic) bond motifs is 1. The molecular weight excluding hydrogens is 328 g/mol. The maximum atomic E-state index is 12.3. The zero-order valence-corrected chi connectivity index (χ0v) is 14.6. The van der Waals surface area contributed by atoms with Crippen LogP contribution in [-0.4, -0.2) is 22.0 Å². The van der Waals surface area contributed by atoms with E-state index in [1.165, 1.54) is 6.21 Å². The van der Waals surface area contributed by atoms with Crippen molar-refractivity contribution in [2.75, 3.05) is 0 Å². The zero-order chi connectivity index (χ0) is 18.7. The highest BCUT2D eigenvalue weighted by Gasteiger charge is 2.15. The molecule has 0 radical (unpaired) electrons. The van der Waals surface area contributed by atoms with E-state index in [-0.39, 0.29) is 11.3 Å². The van der Waals surface area contributed by atoms with E-state index in [4.69, 9.17) is 5.84 Å². The third-order valence-corrected chi connectivity index (χ3v) is 4.08. The molecule has 2 aromatic carbocycles. The highest BCUT2D eigenvalue weighted by Crippen LogP contribution is 2.22. The van der Waals surface area contributed by atoms with E-state index in [0.717, 1.165) is 16.5 Å². The lowest BCUT2D eigenvalue weighted by Crippen LogP contribution is -2.20. The number of benzene rings is 2. The molecular formula is C20H20N4O2. The number of aromatic amines is 1. The van der Waals surface area contributed by atoms with Gasteiger partial charge in [-0.2, -0.15) is 5.10 Å². The van der Waals surface area contributed by atoms with Crippen LogP contribution in [0.15, 0.2) is 69.5 Å². The average Bonchev–Trinajstić information content (AvgIpc) is 2.62. The van der Waals surface area contributed by atoms with Crippen molar-refractivity contribution in [3.8, 4) is 0 Å². The summed E-state index contributed by atoms with van der Waals surface area (Å²) in [6.07, 6.45) is 1.46. The summed E-state index contributed by atoms with van der Waals surface area (Å²) in [5.74, 6) is 5.47. The topological polar surface area (TPSA) is 104 Å². The standard InChI is InChI=1S/C20H20N4O2/c1-20(2,26)14-7-9-15(10-8-14)22-12-18(24-21)16-11-13-5-3-4-6-17(13)23-19(16)25/h3-12,26H,21H2,1-2H3,(H,23,25). The van der Waals surface area contributed by atoms with Gasteiger partial charge in [0.05, 0.1) is 23.1 Å². The first-order valence-corrected chi connectivity index (χ1v) is 8.16. The number of aliphatic imine (C=N–C) groups is 1. The number of nitrogens with two attached hydrogens (primary N) is 1. The van der Waals surface area contributed by atoms with E-state index in [0.29, 0.717) is 11.3 Å². The van der Waals surface area contributed by atoms with Crippen LogP contribution in [-0.2, 0) is 5.60 Å². The predicted molar refractivity (Wildman–Crippen MR) is 105 cm³/mol. The number of nitrogens with one attached hydrogen (secondary N) is 1. The molecule has 1 aromatic heterocycles. The molecule has 6 heteroatoms. The monoisotopic (exact) mass is 348 g/mol. The van der Waals surface area contributed by atoms with E-state index in [1.807, 2.05) is 24.3 Å². The van der Waals surface area contributed by atoms with Crippen molar-refractivity contribution in [3.63, 3.8) is 0 Å². The number of H-pyrrole nitrogens is 1. The summed E-state index contributed by atoms with van der Waals surface area (Å²) in [6, 6.07) is 16.4. The third kappa shape index (κ3) is 3.70. The molecule has 4 N–H and O–H groups in total. The van der Waals surface area contributed by atoms with Crippen LogP contribution in [0.4, 0.5) is 5.69 Å². The molecule has 0 spiro atoms. The molecule has 1 heterocycles. The van der Waals surface area contributed by atoms with Crippen LogP contribution in [0.1, 0.15) is 25.0 Å². The minimum Gasteiger partial charge on any atom is -0.386 e. The predicted octanol–water partition coefficient (Wildman–Crippen LogP) is 2.82. The molecule has 0 saturated carbocycles. The molecule has 132 valence electrons. The van der Waals surface area contributed by atoms with Gasteiger partial charge in [0.2, 0.25) is 0 Å². The van der Waals surface area contributed by atoms with Crippen molar-refractivity contribution >= 4 is 28.5 Å². The summed E-state index contributed by atoms with van der Waals surface area (Å²) >= 11 is 0. The van der Waals surface area contributed by atoms with Gasteiger partial charge in [-0.3, -0.25) is 9.79 Å². The van der Waals surface area contributed by atoms with Gasteiger partial charge >= 0.3 is 0 Å². The van der Waals surface area contributed by atoms with Gasteiger partial charge in [-0.25, -0.2) is 0 Å². The Morgan fingerprint density at radius 1 is 1.15 bits per heavy atom. The van der Waals surface area contributed by atoms with Crippen molar-refractivity contribution in [2.24, 2.45) is 15.9 Å². The summed E-state index contributed by atoms with van der Waals surface area (Å²) in [5, 5.41) is 14.6. The van der Waals surface area contributed by atoms with Crippen LogP contribution in [0.2, 0.25) is 0 Å². The number of aliphatic hydroxyl groups is 1. The second-order valence-electron chi connectivity index (χ2n) is 6.48. The molecule has 0 aliphatic rings. The third-order valence-electron chi connectivity index (χ3n) is 4.08. The second kappa shape index (κ2) is 6.93. The minimum absolute atomic E-state index is 0.281. The molecule has 26 heavy (non-hydrogen) atoms. The number of hydrazone groups is 1. The molecule has 3 aromatic rings. The van der Waals surface area contributed by atoms with Gasteiger partial charge in [0.15, 0.2) is 0 Å². The van der Waals surface area contributed by atoms with Crippen LogP contribution < -0.4 is 11.4 Å². The van der Waals surface area contributed by atoms with Crippen LogP contribution in [0, 0.1) is 0 Å². The molecule has 0 aliphatic heterocycles. The Balaban J connectivity index is 1.92. The first kappa shape index (κ1) is 17.6. The van der Waals surface area contributed by atoms with Gasteiger partial charge in [-0.15, -0.1) is 0 Å². The molecule has 3 rings (SSSR count). The molecule has 0 fully saturated rings. The van der Waals surface area contributed by atoms with E-state index in [1.54, 1.807) is 44.2 Å². The fourth-order valence-corrected chi connectivity index (χ4v) is 2.60. The Bertz CT molecular complexity index is 1040. The number of pyridine rings is 1. The zero-order valence-electron chi connectivity index (χ0n) is 14.6. The van der Waals surface area contributed by atoms with Crippen molar-refractivity contribution < 1.29 is 5.11 Å². The Morgan fingerprint density at radius 3 is 2.50 bits per heavy atom. The van der Waals surface area contributed by atoms with Crippen molar-refractivity contribution in [1.29, 1.82) is 0 Å². The van der Waals surface area contributed by atoms with E-state index in [9.17, 15) is 9.90 Å². The number of aromatic nitrogens is 1. The van der Waals surface area contributed by atoms with E-state index >= 15 is 0 Å². The van der Waals surface area contributed by atoms with Crippen LogP contribution in [0.25, 0.3) is 10.9 Å². The normalized spacial score (nSPS) is 12.8. The largest absolute Gasteiger partial charge is 0.386 e. The summed E-state index contributed by atoms with van der Waals surface area (Å²) in [4.78, 5) is 19.5. The van der Waals surface area contributed by atoms with Gasteiger partial charge in [-0.05, 0) is 49.1 Å². The average molecular weight is 348 g/mol. The van der Waals surface area contributed by atoms with Crippen molar-refractivity contribution in [1.82, 2.24) is 4.98 Å². The summed E-state index contributed by atoms with van der Waals surface area (Å²) in [7, 11) is 0. The van der Waals surface area contributed by atoms with Gasteiger partial charge < -0.3 is 15.9 Å². The summed E-state index contributed by atoms with van der Waals surface area (Å²) in [5.41, 5.74) is 1.64. The van der Waals surface area contributed by atoms with Crippen LogP contribution in [0.3, 0.4) is 0 Å². The molecule has 0 aliphatic carbocycles. The van der Waals surface area contributed by atoms with Crippen LogP contribution in [0.5, 0.6) is 0 Å². The van der Waals surface area contributed by atoms with Crippen molar-refractivity contribution in [2.45, 2.75) is 19.4 Å². The second-order valence-corrected chi connectivity index (χ2v) is 6.48. The maximum Gasteiger partial charge on any atom is 0.258 e. The molecule has 0 saturated heterocycles. The Kier molecular flexibility index (Phi) is 4.69. The number of nitrogens with zero attached hydrogens (tertiary/aromatic N) is 2. The Hall–Kier alpha value is -3.25. The lowest BCUT2D eigenvalue weighted by molar-refractivity contribution is 0.0786. The first-order valence-electron chi connectivity index (χ1n) is 8.16. The molecule has 0 bridgehead atoms. The quantitative estimate of drug-likeness (QED) is 0.384. The highest BCUT2D eigenvalue weighted by molar-refractivity contribution is 6.38. The summed E-state index contributed by atoms with van der Waals surface area (Å²) in [6.45, 7) is 3.44. The van der Waals surface area contributed by atoms with Crippen molar-refractivity contribution in [3.05, 3.63) is 76.1 Å². The maximum absolute atomic E-state index is 12.3. The Morgan fingerprint density at radius 2 is 1.85 bits per heavy atom. The van der Waals surface area contributed by atoms with Gasteiger partial charge in [0, 0.05) is 5.52 Å². The van der Waals surface area contributed by atoms with Gasteiger partial charge in [-0.1, -0.05) is 30.3 Å². The molecule has 0 atom stereocenters. The molecule has 0 amide bonds. The summed E-state index contributed by atoms with van der Waals surface area (Å²) < 4.78 is 0. The lowest BCUT2D eigenvalue weighted by Gasteiger charge is -2.17. The minimum atomic E-state index is -0.912. The number of para-hydroxylation sites is 1. The fourth-order valence-electron chi connectivity index (χ4n) is 2.60.